The number of ketones is 1. The molecule has 1 heterocycles. The maximum Gasteiger partial charge on any atom is 0.163 e. The van der Waals surface area contributed by atoms with E-state index >= 15 is 0 Å². The maximum absolute atomic E-state index is 13.9. The Hall–Kier alpha value is -2.92. The van der Waals surface area contributed by atoms with Gasteiger partial charge >= 0.3 is 0 Å². The van der Waals surface area contributed by atoms with Crippen LogP contribution in [-0.2, 0) is 51.2 Å². The number of aldehydes is 1. The van der Waals surface area contributed by atoms with Gasteiger partial charge in [-0.25, -0.2) is 0 Å². The Kier molecular flexibility index (Phi) is 11.8. The van der Waals surface area contributed by atoms with Crippen LogP contribution in [0, 0.1) is 16.7 Å². The van der Waals surface area contributed by atoms with Crippen molar-refractivity contribution in [3.8, 4) is 5.75 Å². The molecule has 5 rings (SSSR count). The first-order valence-corrected chi connectivity index (χ1v) is 17.4. The van der Waals surface area contributed by atoms with Crippen LogP contribution in [0.3, 0.4) is 0 Å². The predicted molar refractivity (Wildman–Crippen MR) is 185 cm³/mol. The summed E-state index contributed by atoms with van der Waals surface area (Å²) in [5, 5.41) is 0. The Morgan fingerprint density at radius 1 is 0.959 bits per heavy atom. The van der Waals surface area contributed by atoms with Gasteiger partial charge in [-0.3, -0.25) is 4.79 Å². The van der Waals surface area contributed by atoms with Gasteiger partial charge < -0.3 is 38.0 Å². The minimum atomic E-state index is -0.943. The van der Waals surface area contributed by atoms with Gasteiger partial charge in [0.1, 0.15) is 30.2 Å². The molecule has 2 aromatic carbocycles. The summed E-state index contributed by atoms with van der Waals surface area (Å²) in [4.78, 5) is 27.3. The molecule has 9 nitrogen and oxygen atoms in total. The summed E-state index contributed by atoms with van der Waals surface area (Å²) in [7, 11) is 3.22. The molecule has 1 saturated heterocycles. The van der Waals surface area contributed by atoms with E-state index < -0.39 is 34.2 Å². The summed E-state index contributed by atoms with van der Waals surface area (Å²) in [6.45, 7) is 11.2. The molecular weight excluding hydrogens is 624 g/mol. The second kappa shape index (κ2) is 15.5. The number of hydrogen-bond donors (Lipinski definition) is 0. The molecule has 0 aromatic heterocycles. The van der Waals surface area contributed by atoms with Gasteiger partial charge in [0.25, 0.3) is 0 Å². The molecular formula is C40H54O9. The molecule has 2 fully saturated rings. The summed E-state index contributed by atoms with van der Waals surface area (Å²) in [5.41, 5.74) is 1.52. The monoisotopic (exact) mass is 678 g/mol. The Balaban J connectivity index is 1.49. The van der Waals surface area contributed by atoms with E-state index in [2.05, 4.69) is 13.8 Å². The highest BCUT2D eigenvalue weighted by Crippen LogP contribution is 2.56. The molecule has 3 aliphatic rings. The van der Waals surface area contributed by atoms with Crippen LogP contribution < -0.4 is 4.74 Å². The summed E-state index contributed by atoms with van der Waals surface area (Å²) in [5.74, 6) is -0.506. The van der Waals surface area contributed by atoms with E-state index in [1.54, 1.807) is 14.2 Å². The molecule has 1 spiro atoms. The molecule has 1 aliphatic heterocycles. The molecule has 0 unspecified atom stereocenters. The average Bonchev–Trinajstić information content (AvgIpc) is 3.40. The molecule has 0 N–H and O–H groups in total. The zero-order valence-electron chi connectivity index (χ0n) is 30.3. The summed E-state index contributed by atoms with van der Waals surface area (Å²) < 4.78 is 43.1. The molecule has 268 valence electrons. The fraction of sp³-hybridized carbons (Fsp3) is 0.600. The van der Waals surface area contributed by atoms with E-state index in [-0.39, 0.29) is 25.3 Å². The number of hydrogen-bond acceptors (Lipinski definition) is 9. The van der Waals surface area contributed by atoms with Crippen LogP contribution in [0.5, 0.6) is 5.75 Å². The third-order valence-corrected chi connectivity index (χ3v) is 10.9. The lowest BCUT2D eigenvalue weighted by Crippen LogP contribution is -2.60. The molecule has 49 heavy (non-hydrogen) atoms. The first-order chi connectivity index (χ1) is 23.4. The topological polar surface area (TPSA) is 98.8 Å². The number of carbonyl (C=O) groups excluding carboxylic acids is 2. The molecule has 0 amide bonds. The highest BCUT2D eigenvalue weighted by molar-refractivity contribution is 5.89. The Morgan fingerprint density at radius 2 is 1.67 bits per heavy atom. The van der Waals surface area contributed by atoms with E-state index in [1.165, 1.54) is 0 Å². The fourth-order valence-electron chi connectivity index (χ4n) is 8.38. The van der Waals surface area contributed by atoms with E-state index in [9.17, 15) is 9.59 Å². The number of benzene rings is 2. The van der Waals surface area contributed by atoms with Crippen molar-refractivity contribution < 1.29 is 42.7 Å². The zero-order chi connectivity index (χ0) is 35.3. The lowest BCUT2D eigenvalue weighted by Gasteiger charge is -2.54. The summed E-state index contributed by atoms with van der Waals surface area (Å²) in [6.07, 6.45) is 2.92. The van der Waals surface area contributed by atoms with Gasteiger partial charge in [0.2, 0.25) is 0 Å². The van der Waals surface area contributed by atoms with Crippen molar-refractivity contribution in [2.24, 2.45) is 16.7 Å². The average molecular weight is 679 g/mol. The number of rotatable bonds is 15. The Labute approximate surface area is 291 Å². The summed E-state index contributed by atoms with van der Waals surface area (Å²) in [6, 6.07) is 17.8. The molecule has 1 saturated carbocycles. The van der Waals surface area contributed by atoms with Crippen LogP contribution in [-0.4, -0.2) is 69.9 Å². The van der Waals surface area contributed by atoms with Gasteiger partial charge in [-0.15, -0.1) is 0 Å². The van der Waals surface area contributed by atoms with Crippen molar-refractivity contribution in [3.63, 3.8) is 0 Å². The predicted octanol–water partition coefficient (Wildman–Crippen LogP) is 7.00. The highest BCUT2D eigenvalue weighted by Gasteiger charge is 2.62. The normalized spacial score (nSPS) is 30.5. The second-order valence-electron chi connectivity index (χ2n) is 14.9. The van der Waals surface area contributed by atoms with Gasteiger partial charge in [0, 0.05) is 18.9 Å². The van der Waals surface area contributed by atoms with E-state index in [0.717, 1.165) is 34.3 Å². The van der Waals surface area contributed by atoms with Crippen molar-refractivity contribution in [2.75, 3.05) is 34.2 Å². The molecule has 2 aliphatic carbocycles. The van der Waals surface area contributed by atoms with Gasteiger partial charge in [-0.2, -0.15) is 0 Å². The van der Waals surface area contributed by atoms with Crippen molar-refractivity contribution >= 4 is 12.1 Å². The Bertz CT molecular complexity index is 1450. The van der Waals surface area contributed by atoms with Crippen LogP contribution in [0.4, 0.5) is 0 Å². The number of methoxy groups -OCH3 is 2. The van der Waals surface area contributed by atoms with Gasteiger partial charge in [0.05, 0.1) is 57.1 Å². The van der Waals surface area contributed by atoms with E-state index in [0.29, 0.717) is 51.9 Å². The quantitative estimate of drug-likeness (QED) is 0.112. The molecule has 0 radical (unpaired) electrons. The molecule has 9 heteroatoms. The highest BCUT2D eigenvalue weighted by atomic mass is 16.8. The number of allylic oxidation sites excluding steroid dienone is 1. The smallest absolute Gasteiger partial charge is 0.163 e. The molecule has 6 atom stereocenters. The fourth-order valence-corrected chi connectivity index (χ4v) is 8.38. The van der Waals surface area contributed by atoms with Crippen molar-refractivity contribution in [1.82, 2.24) is 0 Å². The SMILES string of the molecule is COCO[C@@H](C[C@]1(C)[C@@H](OCc2ccccc2)CC[C@@]2(COC(C)(C)O2)[C@H]1C=O)C1=C(C)CCC(=O)[C@]1(C)COCc1ccc(OC)cc1. The van der Waals surface area contributed by atoms with Crippen LogP contribution in [0.15, 0.2) is 65.7 Å². The third kappa shape index (κ3) is 8.03. The second-order valence-corrected chi connectivity index (χ2v) is 14.9. The minimum absolute atomic E-state index is 0.0214. The van der Waals surface area contributed by atoms with Crippen molar-refractivity contribution in [1.29, 1.82) is 0 Å². The van der Waals surface area contributed by atoms with Gasteiger partial charge in [0.15, 0.2) is 5.79 Å². The van der Waals surface area contributed by atoms with Crippen LogP contribution >= 0.6 is 0 Å². The molecule has 0 bridgehead atoms. The first-order valence-electron chi connectivity index (χ1n) is 17.4. The molecule has 2 aromatic rings. The standard InChI is InChI=1S/C40H54O9/c1-28-13-18-34(42)39(5,25-45-23-30-14-16-31(44-7)17-15-30)36(28)32(47-27-43-6)21-38(4)33(22-41)40(26-48-37(2,3)49-40)20-19-35(38)46-24-29-11-9-8-10-12-29/h8-12,14-17,22,32-33,35H,13,18-21,23-27H2,1-7H3/t32-,33-,35-,38-,39-,40+/m0/s1. The largest absolute Gasteiger partial charge is 0.497 e. The van der Waals surface area contributed by atoms with E-state index in [4.69, 9.17) is 33.2 Å². The zero-order valence-corrected chi connectivity index (χ0v) is 30.3. The van der Waals surface area contributed by atoms with Crippen molar-refractivity contribution in [3.05, 3.63) is 76.9 Å². The number of ether oxygens (including phenoxy) is 7. The van der Waals surface area contributed by atoms with Crippen LogP contribution in [0.1, 0.15) is 77.8 Å². The number of Topliss-reactive ketones (excluding diaryl/α,β-unsaturated/α-hetero) is 1. The van der Waals surface area contributed by atoms with Gasteiger partial charge in [-0.05, 0) is 82.2 Å². The summed E-state index contributed by atoms with van der Waals surface area (Å²) >= 11 is 0. The van der Waals surface area contributed by atoms with Crippen LogP contribution in [0.2, 0.25) is 0 Å². The third-order valence-electron chi connectivity index (χ3n) is 10.9. The minimum Gasteiger partial charge on any atom is -0.497 e. The van der Waals surface area contributed by atoms with Crippen molar-refractivity contribution in [2.45, 2.75) is 104 Å². The van der Waals surface area contributed by atoms with E-state index in [1.807, 2.05) is 75.4 Å². The lowest BCUT2D eigenvalue weighted by molar-refractivity contribution is -0.221. The Morgan fingerprint density at radius 3 is 2.31 bits per heavy atom. The van der Waals surface area contributed by atoms with Gasteiger partial charge in [-0.1, -0.05) is 55.0 Å². The van der Waals surface area contributed by atoms with Crippen LogP contribution in [0.25, 0.3) is 0 Å². The lowest BCUT2D eigenvalue weighted by atomic mass is 9.56. The first kappa shape index (κ1) is 37.3. The number of carbonyl (C=O) groups is 2. The maximum atomic E-state index is 13.9.